The highest BCUT2D eigenvalue weighted by molar-refractivity contribution is 5.88. The molecule has 0 spiro atoms. The first kappa shape index (κ1) is 22.0. The highest BCUT2D eigenvalue weighted by atomic mass is 35.5. The standard InChI is InChI=1S/C23H28O2.ClH/c1-2-3-4-5-6-7-8-9-10-19-11-13-20(14-12-19)21-15-17-22(18-16-21)23(24)25;/h2,11-18H,1,3-10H2,(H,24,25);1H. The zero-order chi connectivity index (χ0) is 17.9. The third kappa shape index (κ3) is 7.45. The third-order valence-corrected chi connectivity index (χ3v) is 4.54. The van der Waals surface area contributed by atoms with Crippen molar-refractivity contribution in [3.8, 4) is 11.1 Å². The van der Waals surface area contributed by atoms with Gasteiger partial charge in [0, 0.05) is 0 Å². The molecule has 3 heteroatoms. The first-order valence-electron chi connectivity index (χ1n) is 9.24. The molecule has 0 radical (unpaired) electrons. The molecule has 0 aliphatic rings. The number of benzene rings is 2. The van der Waals surface area contributed by atoms with Crippen molar-refractivity contribution in [3.05, 3.63) is 72.3 Å². The summed E-state index contributed by atoms with van der Waals surface area (Å²) in [5.41, 5.74) is 3.88. The Labute approximate surface area is 163 Å². The molecule has 2 nitrogen and oxygen atoms in total. The number of hydrogen-bond acceptors (Lipinski definition) is 1. The van der Waals surface area contributed by atoms with E-state index >= 15 is 0 Å². The number of aryl methyl sites for hydroxylation is 1. The van der Waals surface area contributed by atoms with Gasteiger partial charge in [-0.3, -0.25) is 0 Å². The minimum absolute atomic E-state index is 0. The van der Waals surface area contributed by atoms with Crippen molar-refractivity contribution in [2.45, 2.75) is 51.4 Å². The van der Waals surface area contributed by atoms with Crippen LogP contribution in [0.1, 0.15) is 60.9 Å². The van der Waals surface area contributed by atoms with E-state index < -0.39 is 5.97 Å². The lowest BCUT2D eigenvalue weighted by Gasteiger charge is -2.06. The molecule has 0 aromatic heterocycles. The van der Waals surface area contributed by atoms with Crippen LogP contribution < -0.4 is 0 Å². The van der Waals surface area contributed by atoms with Crippen LogP contribution in [0, 0.1) is 0 Å². The number of aromatic carboxylic acids is 1. The number of carboxylic acid groups (broad SMARTS) is 1. The molecule has 0 aliphatic carbocycles. The summed E-state index contributed by atoms with van der Waals surface area (Å²) in [6, 6.07) is 15.7. The highest BCUT2D eigenvalue weighted by Crippen LogP contribution is 2.21. The minimum atomic E-state index is -0.886. The second-order valence-electron chi connectivity index (χ2n) is 6.53. The second kappa shape index (κ2) is 12.3. The average molecular weight is 373 g/mol. The van der Waals surface area contributed by atoms with Crippen molar-refractivity contribution < 1.29 is 9.90 Å². The Balaban J connectivity index is 0.00000338. The van der Waals surface area contributed by atoms with Gasteiger partial charge in [0.05, 0.1) is 5.56 Å². The summed E-state index contributed by atoms with van der Waals surface area (Å²) in [5, 5.41) is 8.95. The molecule has 0 bridgehead atoms. The molecular formula is C23H29ClO2. The van der Waals surface area contributed by atoms with Gasteiger partial charge in [0.2, 0.25) is 0 Å². The lowest BCUT2D eigenvalue weighted by atomic mass is 10.00. The van der Waals surface area contributed by atoms with Crippen LogP contribution in [-0.4, -0.2) is 11.1 Å². The smallest absolute Gasteiger partial charge is 0.335 e. The molecule has 1 N–H and O–H groups in total. The van der Waals surface area contributed by atoms with E-state index in [9.17, 15) is 4.79 Å². The lowest BCUT2D eigenvalue weighted by Crippen LogP contribution is -1.95. The van der Waals surface area contributed by atoms with Gasteiger partial charge in [-0.1, -0.05) is 68.2 Å². The summed E-state index contributed by atoms with van der Waals surface area (Å²) >= 11 is 0. The van der Waals surface area contributed by atoms with E-state index in [0.29, 0.717) is 5.56 Å². The molecule has 0 saturated heterocycles. The van der Waals surface area contributed by atoms with E-state index in [4.69, 9.17) is 5.11 Å². The Bertz CT molecular complexity index is 660. The fraction of sp³-hybridized carbons (Fsp3) is 0.348. The van der Waals surface area contributed by atoms with E-state index in [1.165, 1.54) is 44.1 Å². The lowest BCUT2D eigenvalue weighted by molar-refractivity contribution is 0.0697. The highest BCUT2D eigenvalue weighted by Gasteiger charge is 2.03. The van der Waals surface area contributed by atoms with E-state index in [-0.39, 0.29) is 12.4 Å². The molecule has 0 aliphatic heterocycles. The van der Waals surface area contributed by atoms with E-state index in [2.05, 4.69) is 30.8 Å². The van der Waals surface area contributed by atoms with Crippen molar-refractivity contribution in [3.63, 3.8) is 0 Å². The molecule has 2 aromatic rings. The summed E-state index contributed by atoms with van der Waals surface area (Å²) in [4.78, 5) is 10.9. The third-order valence-electron chi connectivity index (χ3n) is 4.54. The van der Waals surface area contributed by atoms with Crippen LogP contribution in [0.25, 0.3) is 11.1 Å². The van der Waals surface area contributed by atoms with Gasteiger partial charge < -0.3 is 5.11 Å². The zero-order valence-corrected chi connectivity index (χ0v) is 16.1. The molecule has 0 unspecified atom stereocenters. The van der Waals surface area contributed by atoms with Gasteiger partial charge in [0.25, 0.3) is 0 Å². The molecule has 26 heavy (non-hydrogen) atoms. The fourth-order valence-electron chi connectivity index (χ4n) is 2.99. The number of allylic oxidation sites excluding steroid dienone is 1. The Morgan fingerprint density at radius 1 is 0.808 bits per heavy atom. The van der Waals surface area contributed by atoms with Crippen molar-refractivity contribution in [2.75, 3.05) is 0 Å². The number of carboxylic acids is 1. The van der Waals surface area contributed by atoms with Gasteiger partial charge in [-0.05, 0) is 54.5 Å². The maximum absolute atomic E-state index is 10.9. The first-order valence-corrected chi connectivity index (χ1v) is 9.24. The van der Waals surface area contributed by atoms with Crippen molar-refractivity contribution in [2.24, 2.45) is 0 Å². The number of carbonyl (C=O) groups is 1. The summed E-state index contributed by atoms with van der Waals surface area (Å²) < 4.78 is 0. The van der Waals surface area contributed by atoms with Crippen LogP contribution in [0.4, 0.5) is 0 Å². The summed E-state index contributed by atoms with van der Waals surface area (Å²) in [7, 11) is 0. The summed E-state index contributed by atoms with van der Waals surface area (Å²) in [6.45, 7) is 3.75. The van der Waals surface area contributed by atoms with Crippen LogP contribution in [0.15, 0.2) is 61.2 Å². The minimum Gasteiger partial charge on any atom is -0.478 e. The monoisotopic (exact) mass is 372 g/mol. The zero-order valence-electron chi connectivity index (χ0n) is 15.3. The molecular weight excluding hydrogens is 344 g/mol. The number of hydrogen-bond donors (Lipinski definition) is 1. The Morgan fingerprint density at radius 2 is 1.31 bits per heavy atom. The Morgan fingerprint density at radius 3 is 1.85 bits per heavy atom. The summed E-state index contributed by atoms with van der Waals surface area (Å²) in [5.74, 6) is -0.886. The molecule has 0 heterocycles. The predicted molar refractivity (Wildman–Crippen MR) is 112 cm³/mol. The molecule has 0 atom stereocenters. The molecule has 2 rings (SSSR count). The van der Waals surface area contributed by atoms with E-state index in [1.54, 1.807) is 12.1 Å². The molecule has 140 valence electrons. The van der Waals surface area contributed by atoms with Gasteiger partial charge in [0.1, 0.15) is 0 Å². The normalized spacial score (nSPS) is 10.2. The second-order valence-corrected chi connectivity index (χ2v) is 6.53. The molecule has 2 aromatic carbocycles. The molecule has 0 amide bonds. The van der Waals surface area contributed by atoms with Gasteiger partial charge in [-0.15, -0.1) is 19.0 Å². The van der Waals surface area contributed by atoms with Crippen LogP contribution in [-0.2, 0) is 6.42 Å². The van der Waals surface area contributed by atoms with E-state index in [1.807, 2.05) is 18.2 Å². The maximum Gasteiger partial charge on any atom is 0.335 e. The van der Waals surface area contributed by atoms with Crippen molar-refractivity contribution >= 4 is 18.4 Å². The first-order chi connectivity index (χ1) is 12.2. The molecule has 0 saturated carbocycles. The predicted octanol–water partition coefficient (Wildman–Crippen LogP) is 6.93. The van der Waals surface area contributed by atoms with Crippen LogP contribution in [0.2, 0.25) is 0 Å². The van der Waals surface area contributed by atoms with Gasteiger partial charge in [0.15, 0.2) is 0 Å². The average Bonchev–Trinajstić information content (AvgIpc) is 2.64. The molecule has 0 fully saturated rings. The van der Waals surface area contributed by atoms with Gasteiger partial charge in [-0.25, -0.2) is 4.79 Å². The Hall–Kier alpha value is -2.06. The topological polar surface area (TPSA) is 37.3 Å². The van der Waals surface area contributed by atoms with Crippen LogP contribution in [0.3, 0.4) is 0 Å². The largest absolute Gasteiger partial charge is 0.478 e. The van der Waals surface area contributed by atoms with E-state index in [0.717, 1.165) is 24.0 Å². The van der Waals surface area contributed by atoms with Crippen LogP contribution in [0.5, 0.6) is 0 Å². The van der Waals surface area contributed by atoms with Crippen molar-refractivity contribution in [1.29, 1.82) is 0 Å². The van der Waals surface area contributed by atoms with Gasteiger partial charge in [-0.2, -0.15) is 0 Å². The van der Waals surface area contributed by atoms with Crippen molar-refractivity contribution in [1.82, 2.24) is 0 Å². The quantitative estimate of drug-likeness (QED) is 0.343. The summed E-state index contributed by atoms with van der Waals surface area (Å²) in [6.07, 6.45) is 12.1. The van der Waals surface area contributed by atoms with Gasteiger partial charge >= 0.3 is 5.97 Å². The Kier molecular flexibility index (Phi) is 10.4. The fourth-order valence-corrected chi connectivity index (χ4v) is 2.99. The van der Waals surface area contributed by atoms with Crippen LogP contribution >= 0.6 is 12.4 Å². The number of halogens is 1. The SMILES string of the molecule is C=CCCCCCCCCc1ccc(-c2ccc(C(=O)O)cc2)cc1.Cl. The number of rotatable bonds is 11. The number of unbranched alkanes of at least 4 members (excludes halogenated alkanes) is 6. The maximum atomic E-state index is 10.9.